The van der Waals surface area contributed by atoms with Crippen molar-refractivity contribution in [2.75, 3.05) is 18.0 Å². The van der Waals surface area contributed by atoms with Crippen LogP contribution in [-0.2, 0) is 11.3 Å². The molecule has 1 fully saturated rings. The van der Waals surface area contributed by atoms with Crippen LogP contribution in [0.2, 0.25) is 0 Å². The van der Waals surface area contributed by atoms with E-state index in [1.807, 2.05) is 17.0 Å². The summed E-state index contributed by atoms with van der Waals surface area (Å²) in [6.07, 6.45) is 7.59. The minimum absolute atomic E-state index is 0.102. The molecule has 2 aromatic heterocycles. The van der Waals surface area contributed by atoms with Crippen molar-refractivity contribution in [1.29, 1.82) is 0 Å². The normalized spacial score (nSPS) is 17.7. The zero-order valence-electron chi connectivity index (χ0n) is 14.0. The van der Waals surface area contributed by atoms with Crippen LogP contribution in [0.25, 0.3) is 0 Å². The molecule has 0 saturated heterocycles. The lowest BCUT2D eigenvalue weighted by Crippen LogP contribution is -2.41. The average Bonchev–Trinajstić information content (AvgIpc) is 3.46. The van der Waals surface area contributed by atoms with Gasteiger partial charge in [-0.25, -0.2) is 4.98 Å². The minimum Gasteiger partial charge on any atom is -0.338 e. The maximum atomic E-state index is 12.9. The summed E-state index contributed by atoms with van der Waals surface area (Å²) in [5, 5.41) is 0. The molecule has 6 nitrogen and oxygen atoms in total. The van der Waals surface area contributed by atoms with Gasteiger partial charge in [0, 0.05) is 50.2 Å². The molecule has 4 rings (SSSR count). The molecule has 0 radical (unpaired) electrons. The lowest BCUT2D eigenvalue weighted by molar-refractivity contribution is -0.132. The van der Waals surface area contributed by atoms with Gasteiger partial charge < -0.3 is 4.90 Å². The monoisotopic (exact) mass is 336 g/mol. The van der Waals surface area contributed by atoms with E-state index in [0.717, 1.165) is 12.1 Å². The fourth-order valence-electron chi connectivity index (χ4n) is 3.18. The van der Waals surface area contributed by atoms with Crippen molar-refractivity contribution < 1.29 is 9.59 Å². The fourth-order valence-corrected chi connectivity index (χ4v) is 3.18. The molecule has 0 aromatic carbocycles. The smallest absolute Gasteiger partial charge is 0.261 e. The third-order valence-corrected chi connectivity index (χ3v) is 4.72. The molecule has 6 heteroatoms. The van der Waals surface area contributed by atoms with Crippen molar-refractivity contribution in [1.82, 2.24) is 14.9 Å². The van der Waals surface area contributed by atoms with Gasteiger partial charge >= 0.3 is 0 Å². The van der Waals surface area contributed by atoms with Crippen LogP contribution in [-0.4, -0.2) is 39.8 Å². The van der Waals surface area contributed by atoms with Crippen LogP contribution < -0.4 is 4.90 Å². The molecule has 25 heavy (non-hydrogen) atoms. The Balaban J connectivity index is 1.66. The maximum absolute atomic E-state index is 12.9. The summed E-state index contributed by atoms with van der Waals surface area (Å²) in [6.45, 7) is 1.65. The number of carbonyl (C=O) groups excluding carboxylic acids is 2. The summed E-state index contributed by atoms with van der Waals surface area (Å²) in [6, 6.07) is 7.27. The van der Waals surface area contributed by atoms with Crippen molar-refractivity contribution in [3.63, 3.8) is 0 Å². The van der Waals surface area contributed by atoms with Crippen LogP contribution in [0.5, 0.6) is 0 Å². The molecule has 2 amide bonds. The summed E-state index contributed by atoms with van der Waals surface area (Å²) in [4.78, 5) is 37.5. The molecule has 0 unspecified atom stereocenters. The van der Waals surface area contributed by atoms with E-state index < -0.39 is 0 Å². The number of rotatable bonds is 3. The predicted molar refractivity (Wildman–Crippen MR) is 92.9 cm³/mol. The molecule has 1 aliphatic heterocycles. The van der Waals surface area contributed by atoms with Gasteiger partial charge in [-0.15, -0.1) is 0 Å². The Morgan fingerprint density at radius 2 is 2.04 bits per heavy atom. The van der Waals surface area contributed by atoms with E-state index in [4.69, 9.17) is 0 Å². The van der Waals surface area contributed by atoms with E-state index in [0.29, 0.717) is 36.8 Å². The number of anilines is 1. The minimum atomic E-state index is -0.170. The first-order valence-corrected chi connectivity index (χ1v) is 8.66. The third kappa shape index (κ3) is 3.38. The third-order valence-electron chi connectivity index (χ3n) is 4.72. The summed E-state index contributed by atoms with van der Waals surface area (Å²) in [5.74, 6) is 1.21. The van der Waals surface area contributed by atoms with E-state index in [1.54, 1.807) is 35.6 Å². The molecule has 1 saturated carbocycles. The summed E-state index contributed by atoms with van der Waals surface area (Å²) < 4.78 is 0. The van der Waals surface area contributed by atoms with E-state index in [-0.39, 0.29) is 11.8 Å². The molecule has 0 bridgehead atoms. The van der Waals surface area contributed by atoms with E-state index in [9.17, 15) is 9.59 Å². The highest BCUT2D eigenvalue weighted by Crippen LogP contribution is 2.32. The summed E-state index contributed by atoms with van der Waals surface area (Å²) >= 11 is 0. The van der Waals surface area contributed by atoms with Gasteiger partial charge in [0.2, 0.25) is 5.91 Å². The number of pyridine rings is 2. The number of nitrogens with zero attached hydrogens (tertiary/aromatic N) is 4. The molecule has 2 aliphatic rings. The molecule has 128 valence electrons. The Morgan fingerprint density at radius 1 is 1.20 bits per heavy atom. The van der Waals surface area contributed by atoms with Gasteiger partial charge in [-0.1, -0.05) is 6.07 Å². The van der Waals surface area contributed by atoms with Gasteiger partial charge in [0.25, 0.3) is 5.91 Å². The van der Waals surface area contributed by atoms with Gasteiger partial charge in [-0.3, -0.25) is 19.5 Å². The Kier molecular flexibility index (Phi) is 4.17. The fraction of sp³-hybridized carbons (Fsp3) is 0.368. The zero-order chi connectivity index (χ0) is 17.2. The molecule has 0 atom stereocenters. The molecule has 0 N–H and O–H groups in total. The van der Waals surface area contributed by atoms with E-state index in [1.165, 1.54) is 12.8 Å². The second kappa shape index (κ2) is 6.63. The van der Waals surface area contributed by atoms with Gasteiger partial charge in [-0.2, -0.15) is 0 Å². The molecule has 2 aromatic rings. The number of aromatic nitrogens is 2. The average molecular weight is 336 g/mol. The molecular weight excluding hydrogens is 316 g/mol. The quantitative estimate of drug-likeness (QED) is 0.862. The molecule has 0 spiro atoms. The SMILES string of the molecule is O=C1CCN(C(=O)c2cccnc2)c2ncccc2CN1CC1CC1. The van der Waals surface area contributed by atoms with Crippen LogP contribution >= 0.6 is 0 Å². The Labute approximate surface area is 146 Å². The van der Waals surface area contributed by atoms with E-state index >= 15 is 0 Å². The standard InChI is InChI=1S/C19H20N4O2/c24-17-7-10-23(19(25)15-3-1-8-20-11-15)18-16(4-2-9-21-18)13-22(17)12-14-5-6-14/h1-4,8-9,11,14H,5-7,10,12-13H2. The number of carbonyl (C=O) groups is 2. The van der Waals surface area contributed by atoms with Gasteiger partial charge in [0.15, 0.2) is 0 Å². The first-order chi connectivity index (χ1) is 12.2. The van der Waals surface area contributed by atoms with Crippen LogP contribution in [0, 0.1) is 5.92 Å². The second-order valence-electron chi connectivity index (χ2n) is 6.65. The van der Waals surface area contributed by atoms with Crippen molar-refractivity contribution in [2.45, 2.75) is 25.8 Å². The van der Waals surface area contributed by atoms with Crippen molar-refractivity contribution in [3.05, 3.63) is 54.0 Å². The summed E-state index contributed by atoms with van der Waals surface area (Å²) in [7, 11) is 0. The van der Waals surface area contributed by atoms with Crippen LogP contribution in [0.4, 0.5) is 5.82 Å². The topological polar surface area (TPSA) is 66.4 Å². The van der Waals surface area contributed by atoms with Gasteiger partial charge in [-0.05, 0) is 37.0 Å². The Bertz CT molecular complexity index is 789. The van der Waals surface area contributed by atoms with Crippen molar-refractivity contribution >= 4 is 17.6 Å². The lowest BCUT2D eigenvalue weighted by atomic mass is 10.1. The zero-order valence-corrected chi connectivity index (χ0v) is 14.0. The van der Waals surface area contributed by atoms with Crippen LogP contribution in [0.3, 0.4) is 0 Å². The van der Waals surface area contributed by atoms with Crippen LogP contribution in [0.15, 0.2) is 42.9 Å². The molecular formula is C19H20N4O2. The molecule has 1 aliphatic carbocycles. The highest BCUT2D eigenvalue weighted by Gasteiger charge is 2.31. The number of hydrogen-bond donors (Lipinski definition) is 0. The van der Waals surface area contributed by atoms with Gasteiger partial charge in [0.1, 0.15) is 5.82 Å². The number of amides is 2. The predicted octanol–water partition coefficient (Wildman–Crippen LogP) is 2.27. The Morgan fingerprint density at radius 3 is 2.80 bits per heavy atom. The number of hydrogen-bond acceptors (Lipinski definition) is 4. The maximum Gasteiger partial charge on any atom is 0.261 e. The Hall–Kier alpha value is -2.76. The second-order valence-corrected chi connectivity index (χ2v) is 6.65. The lowest BCUT2D eigenvalue weighted by Gasteiger charge is -2.31. The van der Waals surface area contributed by atoms with Crippen molar-refractivity contribution in [2.24, 2.45) is 5.92 Å². The van der Waals surface area contributed by atoms with E-state index in [2.05, 4.69) is 9.97 Å². The van der Waals surface area contributed by atoms with Gasteiger partial charge in [0.05, 0.1) is 5.56 Å². The number of fused-ring (bicyclic) bond motifs is 1. The largest absolute Gasteiger partial charge is 0.338 e. The van der Waals surface area contributed by atoms with Crippen molar-refractivity contribution in [3.8, 4) is 0 Å². The highest BCUT2D eigenvalue weighted by molar-refractivity contribution is 6.06. The highest BCUT2D eigenvalue weighted by atomic mass is 16.2. The first kappa shape index (κ1) is 15.7. The van der Waals surface area contributed by atoms with Crippen LogP contribution in [0.1, 0.15) is 35.2 Å². The first-order valence-electron chi connectivity index (χ1n) is 8.66. The summed E-state index contributed by atoms with van der Waals surface area (Å²) in [5.41, 5.74) is 1.41. The molecule has 3 heterocycles.